The first-order valence-corrected chi connectivity index (χ1v) is 5.69. The van der Waals surface area contributed by atoms with Gasteiger partial charge < -0.3 is 9.84 Å². The maximum absolute atomic E-state index is 11.7. The fourth-order valence-corrected chi connectivity index (χ4v) is 2.04. The Balaban J connectivity index is 2.34. The molecule has 1 aliphatic heterocycles. The third-order valence-electron chi connectivity index (χ3n) is 3.04. The predicted octanol–water partition coefficient (Wildman–Crippen LogP) is -0.196. The second-order valence-corrected chi connectivity index (χ2v) is 4.30. The van der Waals surface area contributed by atoms with Gasteiger partial charge in [0.25, 0.3) is 5.56 Å². The van der Waals surface area contributed by atoms with Gasteiger partial charge in [-0.25, -0.2) is 4.79 Å². The van der Waals surface area contributed by atoms with Gasteiger partial charge in [-0.2, -0.15) is 0 Å². The van der Waals surface area contributed by atoms with E-state index in [9.17, 15) is 9.59 Å². The summed E-state index contributed by atoms with van der Waals surface area (Å²) in [4.78, 5) is 27.8. The van der Waals surface area contributed by atoms with Crippen molar-refractivity contribution in [1.29, 1.82) is 0 Å². The molecule has 1 fully saturated rings. The fraction of sp³-hybridized carbons (Fsp3) is 0.600. The van der Waals surface area contributed by atoms with Crippen LogP contribution in [0.5, 0.6) is 0 Å². The Morgan fingerprint density at radius 3 is 3.05 bits per heavy atom. The summed E-state index contributed by atoms with van der Waals surface area (Å²) >= 11 is 0. The molecule has 0 amide bonds. The molecule has 2 N–H and O–H groups in total. The summed E-state index contributed by atoms with van der Waals surface area (Å²) in [6, 6.07) is -0.542. The largest absolute Gasteiger partial charge is 0.394 e. The van der Waals surface area contributed by atoms with E-state index >= 15 is 0 Å². The number of aliphatic hydroxyl groups is 1. The lowest BCUT2D eigenvalue weighted by atomic mass is 10.1. The summed E-state index contributed by atoms with van der Waals surface area (Å²) in [5.41, 5.74) is 7.76. The molecule has 1 aromatic rings. The molecule has 0 spiro atoms. The molecule has 3 atom stereocenters. The van der Waals surface area contributed by atoms with E-state index in [2.05, 4.69) is 15.0 Å². The van der Waals surface area contributed by atoms with E-state index in [1.807, 2.05) is 0 Å². The van der Waals surface area contributed by atoms with Crippen LogP contribution in [-0.4, -0.2) is 33.4 Å². The summed E-state index contributed by atoms with van der Waals surface area (Å²) in [7, 11) is 0. The number of hydrogen-bond acceptors (Lipinski definition) is 5. The Morgan fingerprint density at radius 2 is 2.42 bits per heavy atom. The number of H-pyrrole nitrogens is 1. The molecular weight excluding hydrogens is 254 g/mol. The van der Waals surface area contributed by atoms with Crippen LogP contribution >= 0.6 is 0 Å². The third-order valence-corrected chi connectivity index (χ3v) is 3.04. The highest BCUT2D eigenvalue weighted by molar-refractivity contribution is 5.02. The lowest BCUT2D eigenvalue weighted by Crippen LogP contribution is -2.33. The molecule has 0 bridgehead atoms. The highest BCUT2D eigenvalue weighted by atomic mass is 16.5. The molecule has 0 saturated carbocycles. The number of azide groups is 1. The SMILES string of the molecule is Cc1cn(C2C[C@H](N=[N+]=[N-])[C@@H](CO)O2)c(=O)[nH]c1=O. The minimum Gasteiger partial charge on any atom is -0.394 e. The Morgan fingerprint density at radius 1 is 1.68 bits per heavy atom. The Kier molecular flexibility index (Phi) is 3.70. The topological polar surface area (TPSA) is 133 Å². The number of nitrogens with one attached hydrogen (secondary N) is 1. The molecule has 1 aliphatic rings. The van der Waals surface area contributed by atoms with E-state index < -0.39 is 29.6 Å². The van der Waals surface area contributed by atoms with E-state index in [0.717, 1.165) is 0 Å². The first-order chi connectivity index (χ1) is 9.06. The zero-order chi connectivity index (χ0) is 14.0. The maximum Gasteiger partial charge on any atom is 0.330 e. The predicted molar refractivity (Wildman–Crippen MR) is 64.6 cm³/mol. The van der Waals surface area contributed by atoms with Gasteiger partial charge in [0.2, 0.25) is 0 Å². The van der Waals surface area contributed by atoms with Gasteiger partial charge in [0.15, 0.2) is 0 Å². The highest BCUT2D eigenvalue weighted by Gasteiger charge is 2.35. The van der Waals surface area contributed by atoms with Crippen LogP contribution in [0.3, 0.4) is 0 Å². The molecule has 1 aromatic heterocycles. The maximum atomic E-state index is 11.7. The molecular formula is C10H13N5O4. The van der Waals surface area contributed by atoms with Crippen molar-refractivity contribution in [2.75, 3.05) is 6.61 Å². The van der Waals surface area contributed by atoms with Gasteiger partial charge in [-0.3, -0.25) is 14.3 Å². The normalized spacial score (nSPS) is 26.1. The lowest BCUT2D eigenvalue weighted by Gasteiger charge is -2.14. The summed E-state index contributed by atoms with van der Waals surface area (Å²) in [6.45, 7) is 1.26. The molecule has 2 rings (SSSR count). The van der Waals surface area contributed by atoms with Crippen molar-refractivity contribution in [3.05, 3.63) is 43.0 Å². The van der Waals surface area contributed by atoms with Crippen molar-refractivity contribution in [1.82, 2.24) is 9.55 Å². The first-order valence-electron chi connectivity index (χ1n) is 5.69. The molecule has 1 unspecified atom stereocenters. The average Bonchev–Trinajstić information content (AvgIpc) is 2.77. The van der Waals surface area contributed by atoms with Crippen molar-refractivity contribution in [2.24, 2.45) is 5.11 Å². The highest BCUT2D eigenvalue weighted by Crippen LogP contribution is 2.29. The molecule has 102 valence electrons. The smallest absolute Gasteiger partial charge is 0.330 e. The second-order valence-electron chi connectivity index (χ2n) is 4.30. The van der Waals surface area contributed by atoms with E-state index in [0.29, 0.717) is 5.56 Å². The van der Waals surface area contributed by atoms with E-state index in [1.165, 1.54) is 10.8 Å². The van der Waals surface area contributed by atoms with Crippen LogP contribution in [0.2, 0.25) is 0 Å². The Bertz CT molecular complexity index is 630. The fourth-order valence-electron chi connectivity index (χ4n) is 2.04. The minimum absolute atomic E-state index is 0.265. The molecule has 0 radical (unpaired) electrons. The van der Waals surface area contributed by atoms with Crippen LogP contribution in [0.25, 0.3) is 10.4 Å². The number of rotatable bonds is 3. The number of ether oxygens (including phenoxy) is 1. The van der Waals surface area contributed by atoms with Gasteiger partial charge in [-0.1, -0.05) is 5.11 Å². The number of aryl methyl sites for hydroxylation is 1. The van der Waals surface area contributed by atoms with Gasteiger partial charge >= 0.3 is 5.69 Å². The molecule has 0 aromatic carbocycles. The van der Waals surface area contributed by atoms with Gasteiger partial charge in [0.05, 0.1) is 18.8 Å². The van der Waals surface area contributed by atoms with Crippen molar-refractivity contribution in [2.45, 2.75) is 31.7 Å². The molecule has 2 heterocycles. The number of hydrogen-bond donors (Lipinski definition) is 2. The van der Waals surface area contributed by atoms with Crippen LogP contribution in [0, 0.1) is 6.92 Å². The zero-order valence-corrected chi connectivity index (χ0v) is 10.2. The van der Waals surface area contributed by atoms with Crippen LogP contribution < -0.4 is 11.2 Å². The van der Waals surface area contributed by atoms with E-state index in [4.69, 9.17) is 15.4 Å². The number of nitrogens with zero attached hydrogens (tertiary/aromatic N) is 4. The van der Waals surface area contributed by atoms with Gasteiger partial charge in [-0.15, -0.1) is 0 Å². The Hall–Kier alpha value is -2.09. The van der Waals surface area contributed by atoms with Gasteiger partial charge in [0.1, 0.15) is 6.23 Å². The number of aromatic nitrogens is 2. The molecule has 19 heavy (non-hydrogen) atoms. The molecule has 1 saturated heterocycles. The van der Waals surface area contributed by atoms with Crippen LogP contribution in [0.4, 0.5) is 0 Å². The number of aromatic amines is 1. The van der Waals surface area contributed by atoms with Crippen molar-refractivity contribution < 1.29 is 9.84 Å². The molecule has 9 nitrogen and oxygen atoms in total. The van der Waals surface area contributed by atoms with E-state index in [1.54, 1.807) is 6.92 Å². The van der Waals surface area contributed by atoms with Crippen LogP contribution in [-0.2, 0) is 4.74 Å². The molecule has 9 heteroatoms. The summed E-state index contributed by atoms with van der Waals surface area (Å²) < 4.78 is 6.69. The summed E-state index contributed by atoms with van der Waals surface area (Å²) in [6.07, 6.45) is 0.329. The Labute approximate surface area is 107 Å². The standard InChI is InChI=1S/C10H13N5O4/c1-5-3-15(10(18)12-9(5)17)8-2-6(13-14-11)7(4-16)19-8/h3,6-8,16H,2,4H2,1H3,(H,12,17,18)/t6-,7+,8?/m0/s1. The lowest BCUT2D eigenvalue weighted by molar-refractivity contribution is -0.0271. The first kappa shape index (κ1) is 13.3. The van der Waals surface area contributed by atoms with Crippen molar-refractivity contribution >= 4 is 0 Å². The van der Waals surface area contributed by atoms with Crippen LogP contribution in [0.1, 0.15) is 18.2 Å². The van der Waals surface area contributed by atoms with Crippen molar-refractivity contribution in [3.63, 3.8) is 0 Å². The third kappa shape index (κ3) is 2.53. The second kappa shape index (κ2) is 5.27. The minimum atomic E-state index is -0.671. The van der Waals surface area contributed by atoms with E-state index in [-0.39, 0.29) is 13.0 Å². The van der Waals surface area contributed by atoms with Gasteiger partial charge in [0, 0.05) is 23.1 Å². The number of aliphatic hydroxyl groups excluding tert-OH is 1. The average molecular weight is 267 g/mol. The zero-order valence-electron chi connectivity index (χ0n) is 10.2. The van der Waals surface area contributed by atoms with Crippen LogP contribution in [0.15, 0.2) is 20.9 Å². The quantitative estimate of drug-likeness (QED) is 0.445. The monoisotopic (exact) mass is 267 g/mol. The van der Waals surface area contributed by atoms with Crippen molar-refractivity contribution in [3.8, 4) is 0 Å². The van der Waals surface area contributed by atoms with Gasteiger partial charge in [-0.05, 0) is 12.5 Å². The summed E-state index contributed by atoms with van der Waals surface area (Å²) in [5, 5.41) is 12.7. The molecule has 0 aliphatic carbocycles. The summed E-state index contributed by atoms with van der Waals surface area (Å²) in [5.74, 6) is 0.